The van der Waals surface area contributed by atoms with Crippen LogP contribution in [0.4, 0.5) is 0 Å². The van der Waals surface area contributed by atoms with Crippen LogP contribution in [0.2, 0.25) is 0 Å². The second-order valence-electron chi connectivity index (χ2n) is 3.09. The monoisotopic (exact) mass is 141 g/mol. The molecule has 0 saturated carbocycles. The van der Waals surface area contributed by atoms with Gasteiger partial charge in [0.15, 0.2) is 5.88 Å². The van der Waals surface area contributed by atoms with E-state index in [9.17, 15) is 0 Å². The van der Waals surface area contributed by atoms with Crippen molar-refractivity contribution in [2.24, 2.45) is 5.92 Å². The zero-order valence-electron chi connectivity index (χ0n) is 6.51. The van der Waals surface area contributed by atoms with Gasteiger partial charge in [-0.15, -0.1) is 0 Å². The molecule has 0 radical (unpaired) electrons. The lowest BCUT2D eigenvalue weighted by atomic mass is 10.00. The van der Waals surface area contributed by atoms with Crippen molar-refractivity contribution in [1.82, 2.24) is 4.90 Å². The Hall–Kier alpha value is -0.660. The van der Waals surface area contributed by atoms with Gasteiger partial charge in [0.25, 0.3) is 0 Å². The van der Waals surface area contributed by atoms with Crippen LogP contribution in [0.3, 0.4) is 0 Å². The quantitative estimate of drug-likeness (QED) is 0.562. The molecule has 0 unspecified atom stereocenters. The lowest BCUT2D eigenvalue weighted by Crippen LogP contribution is -2.31. The molecule has 0 atom stereocenters. The van der Waals surface area contributed by atoms with Crippen molar-refractivity contribution in [3.05, 3.63) is 12.5 Å². The van der Waals surface area contributed by atoms with Gasteiger partial charge in [-0.3, -0.25) is 0 Å². The van der Waals surface area contributed by atoms with Gasteiger partial charge < -0.3 is 10.0 Å². The number of nitrogens with zero attached hydrogens (tertiary/aromatic N) is 1. The topological polar surface area (TPSA) is 23.5 Å². The molecule has 1 saturated heterocycles. The summed E-state index contributed by atoms with van der Waals surface area (Å²) in [5, 5.41) is 8.99. The van der Waals surface area contributed by atoms with Crippen LogP contribution < -0.4 is 0 Å². The van der Waals surface area contributed by atoms with Crippen molar-refractivity contribution in [1.29, 1.82) is 0 Å². The number of aliphatic hydroxyl groups is 1. The summed E-state index contributed by atoms with van der Waals surface area (Å²) in [4.78, 5) is 1.93. The number of piperidine rings is 1. The molecule has 2 heteroatoms. The fraction of sp³-hybridized carbons (Fsp3) is 0.750. The summed E-state index contributed by atoms with van der Waals surface area (Å²) in [6.45, 7) is 7.67. The Labute approximate surface area is 62.2 Å². The van der Waals surface area contributed by atoms with E-state index < -0.39 is 0 Å². The molecule has 0 aromatic rings. The van der Waals surface area contributed by atoms with Gasteiger partial charge in [-0.05, 0) is 25.3 Å². The van der Waals surface area contributed by atoms with Crippen molar-refractivity contribution in [2.75, 3.05) is 13.1 Å². The van der Waals surface area contributed by atoms with Crippen LogP contribution in [-0.2, 0) is 0 Å². The van der Waals surface area contributed by atoms with E-state index >= 15 is 0 Å². The molecule has 0 aliphatic carbocycles. The average molecular weight is 141 g/mol. The van der Waals surface area contributed by atoms with Crippen molar-refractivity contribution >= 4 is 0 Å². The highest BCUT2D eigenvalue weighted by molar-refractivity contribution is 4.83. The van der Waals surface area contributed by atoms with Gasteiger partial charge in [0, 0.05) is 13.1 Å². The Balaban J connectivity index is 2.33. The summed E-state index contributed by atoms with van der Waals surface area (Å²) < 4.78 is 0. The standard InChI is InChI=1S/C8H15NO/c1-7-3-5-9(6-4-7)8(2)10/h7,10H,2-6H2,1H3. The third-order valence-corrected chi connectivity index (χ3v) is 2.15. The Bertz CT molecular complexity index is 125. The molecule has 2 nitrogen and oxygen atoms in total. The van der Waals surface area contributed by atoms with Crippen LogP contribution in [0.1, 0.15) is 19.8 Å². The van der Waals surface area contributed by atoms with Crippen LogP contribution in [-0.4, -0.2) is 23.1 Å². The van der Waals surface area contributed by atoms with Gasteiger partial charge in [0.05, 0.1) is 0 Å². The Morgan fingerprint density at radius 1 is 1.50 bits per heavy atom. The van der Waals surface area contributed by atoms with Crippen LogP contribution in [0.5, 0.6) is 0 Å². The molecule has 58 valence electrons. The van der Waals surface area contributed by atoms with E-state index in [-0.39, 0.29) is 5.88 Å². The molecule has 0 amide bonds. The SMILES string of the molecule is C=C(O)N1CCC(C)CC1. The number of likely N-dealkylation sites (tertiary alicyclic amines) is 1. The Morgan fingerprint density at radius 3 is 2.40 bits per heavy atom. The van der Waals surface area contributed by atoms with E-state index in [1.165, 1.54) is 12.8 Å². The fourth-order valence-electron chi connectivity index (χ4n) is 1.27. The molecule has 1 rings (SSSR count). The first-order valence-electron chi connectivity index (χ1n) is 3.83. The maximum Gasteiger partial charge on any atom is 0.179 e. The first kappa shape index (κ1) is 7.45. The predicted octanol–water partition coefficient (Wildman–Crippen LogP) is 1.75. The van der Waals surface area contributed by atoms with E-state index in [0.717, 1.165) is 19.0 Å². The molecule has 0 aromatic heterocycles. The number of aliphatic hydroxyl groups excluding tert-OH is 1. The van der Waals surface area contributed by atoms with Gasteiger partial charge in [0.2, 0.25) is 0 Å². The lowest BCUT2D eigenvalue weighted by Gasteiger charge is -2.30. The minimum absolute atomic E-state index is 0.229. The zero-order chi connectivity index (χ0) is 7.56. The summed E-state index contributed by atoms with van der Waals surface area (Å²) in [7, 11) is 0. The summed E-state index contributed by atoms with van der Waals surface area (Å²) in [5.41, 5.74) is 0. The lowest BCUT2D eigenvalue weighted by molar-refractivity contribution is 0.155. The van der Waals surface area contributed by atoms with Crippen LogP contribution in [0, 0.1) is 5.92 Å². The molecule has 1 fully saturated rings. The maximum absolute atomic E-state index is 8.99. The second kappa shape index (κ2) is 2.95. The second-order valence-corrected chi connectivity index (χ2v) is 3.09. The number of hydrogen-bond donors (Lipinski definition) is 1. The normalized spacial score (nSPS) is 21.1. The third-order valence-electron chi connectivity index (χ3n) is 2.15. The molecule has 0 bridgehead atoms. The molecule has 1 heterocycles. The molecular weight excluding hydrogens is 126 g/mol. The molecule has 1 aliphatic rings. The molecule has 0 spiro atoms. The van der Waals surface area contributed by atoms with Crippen molar-refractivity contribution in [2.45, 2.75) is 19.8 Å². The highest BCUT2D eigenvalue weighted by atomic mass is 16.3. The zero-order valence-corrected chi connectivity index (χ0v) is 6.51. The highest BCUT2D eigenvalue weighted by Crippen LogP contribution is 2.17. The van der Waals surface area contributed by atoms with E-state index in [1.807, 2.05) is 4.90 Å². The van der Waals surface area contributed by atoms with Crippen LogP contribution >= 0.6 is 0 Å². The van der Waals surface area contributed by atoms with Gasteiger partial charge >= 0.3 is 0 Å². The van der Waals surface area contributed by atoms with Gasteiger partial charge in [-0.2, -0.15) is 0 Å². The fourth-order valence-corrected chi connectivity index (χ4v) is 1.27. The molecular formula is C8H15NO. The summed E-state index contributed by atoms with van der Waals surface area (Å²) in [6.07, 6.45) is 2.36. The van der Waals surface area contributed by atoms with Crippen molar-refractivity contribution in [3.63, 3.8) is 0 Å². The smallest absolute Gasteiger partial charge is 0.179 e. The Kier molecular flexibility index (Phi) is 2.20. The van der Waals surface area contributed by atoms with E-state index in [4.69, 9.17) is 5.11 Å². The molecule has 1 aliphatic heterocycles. The minimum Gasteiger partial charge on any atom is -0.495 e. The summed E-state index contributed by atoms with van der Waals surface area (Å²) in [6, 6.07) is 0. The van der Waals surface area contributed by atoms with Gasteiger partial charge in [-0.25, -0.2) is 0 Å². The van der Waals surface area contributed by atoms with Crippen molar-refractivity contribution < 1.29 is 5.11 Å². The Morgan fingerprint density at radius 2 is 2.00 bits per heavy atom. The maximum atomic E-state index is 8.99. The average Bonchev–Trinajstić information content (AvgIpc) is 1.88. The van der Waals surface area contributed by atoms with Crippen LogP contribution in [0.25, 0.3) is 0 Å². The van der Waals surface area contributed by atoms with Gasteiger partial charge in [-0.1, -0.05) is 6.92 Å². The van der Waals surface area contributed by atoms with Crippen molar-refractivity contribution in [3.8, 4) is 0 Å². The number of hydrogen-bond acceptors (Lipinski definition) is 2. The molecule has 0 aromatic carbocycles. The van der Waals surface area contributed by atoms with E-state index in [2.05, 4.69) is 13.5 Å². The number of rotatable bonds is 1. The first-order valence-corrected chi connectivity index (χ1v) is 3.83. The van der Waals surface area contributed by atoms with E-state index in [0.29, 0.717) is 0 Å². The minimum atomic E-state index is 0.229. The summed E-state index contributed by atoms with van der Waals surface area (Å²) >= 11 is 0. The van der Waals surface area contributed by atoms with Crippen LogP contribution in [0.15, 0.2) is 12.5 Å². The molecule has 1 N–H and O–H groups in total. The summed E-state index contributed by atoms with van der Waals surface area (Å²) in [5.74, 6) is 1.04. The largest absolute Gasteiger partial charge is 0.495 e. The molecule has 10 heavy (non-hydrogen) atoms. The first-order chi connectivity index (χ1) is 4.70. The van der Waals surface area contributed by atoms with E-state index in [1.54, 1.807) is 0 Å². The third kappa shape index (κ3) is 1.66. The van der Waals surface area contributed by atoms with Gasteiger partial charge in [0.1, 0.15) is 0 Å². The highest BCUT2D eigenvalue weighted by Gasteiger charge is 2.15. The predicted molar refractivity (Wildman–Crippen MR) is 41.7 cm³/mol.